The predicted molar refractivity (Wildman–Crippen MR) is 74.8 cm³/mol. The van der Waals surface area contributed by atoms with E-state index in [-0.39, 0.29) is 5.56 Å². The van der Waals surface area contributed by atoms with Crippen LogP contribution < -0.4 is 10.1 Å². The molecule has 0 fully saturated rings. The number of halogens is 3. The number of benzene rings is 2. The molecule has 0 aliphatic carbocycles. The van der Waals surface area contributed by atoms with E-state index in [0.29, 0.717) is 17.9 Å². The molecule has 2 aromatic rings. The summed E-state index contributed by atoms with van der Waals surface area (Å²) >= 11 is 0. The van der Waals surface area contributed by atoms with E-state index >= 15 is 0 Å². The minimum absolute atomic E-state index is 0.150. The molecule has 5 heteroatoms. The van der Waals surface area contributed by atoms with Crippen LogP contribution in [0.1, 0.15) is 24.1 Å². The number of rotatable bonds is 5. The van der Waals surface area contributed by atoms with Gasteiger partial charge in [0, 0.05) is 11.1 Å². The van der Waals surface area contributed by atoms with Crippen LogP contribution in [0.15, 0.2) is 36.4 Å². The lowest BCUT2D eigenvalue weighted by Crippen LogP contribution is -2.24. The summed E-state index contributed by atoms with van der Waals surface area (Å²) in [5.41, 5.74) is 0.201. The molecular formula is C16H16F3NO. The van der Waals surface area contributed by atoms with Crippen molar-refractivity contribution in [2.45, 2.75) is 13.0 Å². The maximum atomic E-state index is 14.0. The quantitative estimate of drug-likeness (QED) is 0.905. The van der Waals surface area contributed by atoms with E-state index in [4.69, 9.17) is 4.74 Å². The van der Waals surface area contributed by atoms with Gasteiger partial charge in [0.05, 0.1) is 13.2 Å². The highest BCUT2D eigenvalue weighted by Crippen LogP contribution is 2.33. The second-order valence-corrected chi connectivity index (χ2v) is 4.51. The summed E-state index contributed by atoms with van der Waals surface area (Å²) in [7, 11) is 1.43. The SMILES string of the molecule is CCNC(c1cc(F)ccc1OC)c1c(F)cccc1F. The summed E-state index contributed by atoms with van der Waals surface area (Å²) in [4.78, 5) is 0. The monoisotopic (exact) mass is 295 g/mol. The lowest BCUT2D eigenvalue weighted by molar-refractivity contribution is 0.400. The molecular weight excluding hydrogens is 279 g/mol. The highest BCUT2D eigenvalue weighted by Gasteiger charge is 2.24. The van der Waals surface area contributed by atoms with Gasteiger partial charge in [-0.05, 0) is 36.9 Å². The molecule has 1 atom stereocenters. The highest BCUT2D eigenvalue weighted by atomic mass is 19.1. The van der Waals surface area contributed by atoms with Crippen LogP contribution in [-0.4, -0.2) is 13.7 Å². The van der Waals surface area contributed by atoms with Gasteiger partial charge >= 0.3 is 0 Å². The van der Waals surface area contributed by atoms with Crippen molar-refractivity contribution in [3.63, 3.8) is 0 Å². The van der Waals surface area contributed by atoms with Gasteiger partial charge in [0.1, 0.15) is 23.2 Å². The first-order valence-electron chi connectivity index (χ1n) is 6.59. The van der Waals surface area contributed by atoms with Crippen molar-refractivity contribution in [2.24, 2.45) is 0 Å². The van der Waals surface area contributed by atoms with Crippen molar-refractivity contribution >= 4 is 0 Å². The zero-order valence-corrected chi connectivity index (χ0v) is 11.8. The largest absolute Gasteiger partial charge is 0.496 e. The van der Waals surface area contributed by atoms with Gasteiger partial charge < -0.3 is 10.1 Å². The standard InChI is InChI=1S/C16H16F3NO/c1-3-20-16(15-12(18)5-4-6-13(15)19)11-9-10(17)7-8-14(11)21-2/h4-9,16,20H,3H2,1-2H3. The molecule has 0 saturated heterocycles. The Morgan fingerprint density at radius 2 is 1.76 bits per heavy atom. The first kappa shape index (κ1) is 15.4. The average Bonchev–Trinajstić information content (AvgIpc) is 2.46. The lowest BCUT2D eigenvalue weighted by atomic mass is 9.96. The van der Waals surface area contributed by atoms with Gasteiger partial charge in [0.15, 0.2) is 0 Å². The van der Waals surface area contributed by atoms with Crippen molar-refractivity contribution in [1.82, 2.24) is 5.32 Å². The van der Waals surface area contributed by atoms with Crippen molar-refractivity contribution in [1.29, 1.82) is 0 Å². The number of methoxy groups -OCH3 is 1. The Morgan fingerprint density at radius 1 is 1.10 bits per heavy atom. The van der Waals surface area contributed by atoms with Crippen LogP contribution in [0.4, 0.5) is 13.2 Å². The molecule has 0 saturated carbocycles. The van der Waals surface area contributed by atoms with Gasteiger partial charge in [-0.3, -0.25) is 0 Å². The Bertz CT molecular complexity index is 611. The number of hydrogen-bond donors (Lipinski definition) is 1. The predicted octanol–water partition coefficient (Wildman–Crippen LogP) is 3.81. The molecule has 112 valence electrons. The maximum Gasteiger partial charge on any atom is 0.131 e. The van der Waals surface area contributed by atoms with Crippen molar-refractivity contribution < 1.29 is 17.9 Å². The number of hydrogen-bond acceptors (Lipinski definition) is 2. The fraction of sp³-hybridized carbons (Fsp3) is 0.250. The molecule has 21 heavy (non-hydrogen) atoms. The van der Waals surface area contributed by atoms with E-state index in [1.54, 1.807) is 6.92 Å². The summed E-state index contributed by atoms with van der Waals surface area (Å²) < 4.78 is 46.8. The third-order valence-electron chi connectivity index (χ3n) is 3.20. The fourth-order valence-corrected chi connectivity index (χ4v) is 2.29. The molecule has 0 heterocycles. The van der Waals surface area contributed by atoms with Crippen LogP contribution in [-0.2, 0) is 0 Å². The zero-order chi connectivity index (χ0) is 15.4. The van der Waals surface area contributed by atoms with Gasteiger partial charge in [-0.2, -0.15) is 0 Å². The van der Waals surface area contributed by atoms with Crippen molar-refractivity contribution in [3.05, 3.63) is 65.0 Å². The molecule has 0 amide bonds. The first-order valence-corrected chi connectivity index (χ1v) is 6.59. The molecule has 0 aliphatic heterocycles. The third-order valence-corrected chi connectivity index (χ3v) is 3.20. The number of ether oxygens (including phenoxy) is 1. The minimum atomic E-state index is -0.832. The van der Waals surface area contributed by atoms with Gasteiger partial charge in [-0.25, -0.2) is 13.2 Å². The normalized spacial score (nSPS) is 12.2. The Labute approximate surface area is 121 Å². The zero-order valence-electron chi connectivity index (χ0n) is 11.8. The lowest BCUT2D eigenvalue weighted by Gasteiger charge is -2.22. The van der Waals surface area contributed by atoms with E-state index in [2.05, 4.69) is 5.32 Å². The Morgan fingerprint density at radius 3 is 2.33 bits per heavy atom. The summed E-state index contributed by atoms with van der Waals surface area (Å²) in [6.45, 7) is 2.26. The Balaban J connectivity index is 2.61. The summed E-state index contributed by atoms with van der Waals surface area (Å²) in [5, 5.41) is 2.97. The summed E-state index contributed by atoms with van der Waals surface area (Å²) in [6, 6.07) is 6.71. The molecule has 0 bridgehead atoms. The third kappa shape index (κ3) is 3.19. The minimum Gasteiger partial charge on any atom is -0.496 e. The van der Waals surface area contributed by atoms with Crippen LogP contribution >= 0.6 is 0 Å². The molecule has 0 spiro atoms. The van der Waals surface area contributed by atoms with Crippen molar-refractivity contribution in [2.75, 3.05) is 13.7 Å². The smallest absolute Gasteiger partial charge is 0.131 e. The van der Waals surface area contributed by atoms with Crippen molar-refractivity contribution in [3.8, 4) is 5.75 Å². The molecule has 2 rings (SSSR count). The number of nitrogens with one attached hydrogen (secondary N) is 1. The van der Waals surface area contributed by atoms with Gasteiger partial charge in [0.2, 0.25) is 0 Å². The molecule has 1 N–H and O–H groups in total. The van der Waals surface area contributed by atoms with E-state index in [0.717, 1.165) is 0 Å². The van der Waals surface area contributed by atoms with E-state index < -0.39 is 23.5 Å². The van der Waals surface area contributed by atoms with Crippen LogP contribution in [0.5, 0.6) is 5.75 Å². The molecule has 0 aliphatic rings. The highest BCUT2D eigenvalue weighted by molar-refractivity contribution is 5.42. The van der Waals surface area contributed by atoms with E-state index in [1.807, 2.05) is 0 Å². The van der Waals surface area contributed by atoms with E-state index in [1.165, 1.54) is 43.5 Å². The second-order valence-electron chi connectivity index (χ2n) is 4.51. The second kappa shape index (κ2) is 6.63. The van der Waals surface area contributed by atoms with Crippen LogP contribution in [0.2, 0.25) is 0 Å². The molecule has 2 nitrogen and oxygen atoms in total. The molecule has 0 radical (unpaired) electrons. The Hall–Kier alpha value is -2.01. The molecule has 0 aromatic heterocycles. The summed E-state index contributed by atoms with van der Waals surface area (Å²) in [6.07, 6.45) is 0. The van der Waals surface area contributed by atoms with Gasteiger partial charge in [-0.15, -0.1) is 0 Å². The van der Waals surface area contributed by atoms with Crippen LogP contribution in [0.3, 0.4) is 0 Å². The summed E-state index contributed by atoms with van der Waals surface area (Å²) in [5.74, 6) is -1.50. The van der Waals surface area contributed by atoms with Crippen LogP contribution in [0.25, 0.3) is 0 Å². The Kier molecular flexibility index (Phi) is 4.85. The van der Waals surface area contributed by atoms with Gasteiger partial charge in [-0.1, -0.05) is 13.0 Å². The topological polar surface area (TPSA) is 21.3 Å². The van der Waals surface area contributed by atoms with Crippen LogP contribution in [0, 0.1) is 17.5 Å². The molecule has 1 unspecified atom stereocenters. The van der Waals surface area contributed by atoms with E-state index in [9.17, 15) is 13.2 Å². The average molecular weight is 295 g/mol. The fourth-order valence-electron chi connectivity index (χ4n) is 2.29. The first-order chi connectivity index (χ1) is 10.1. The molecule has 2 aromatic carbocycles. The maximum absolute atomic E-state index is 14.0. The van der Waals surface area contributed by atoms with Gasteiger partial charge in [0.25, 0.3) is 0 Å².